The lowest BCUT2D eigenvalue weighted by Gasteiger charge is -2.07. The van der Waals surface area contributed by atoms with Crippen molar-refractivity contribution in [3.8, 4) is 0 Å². The molecule has 2 heterocycles. The first-order valence-electron chi connectivity index (χ1n) is 6.06. The molecule has 7 heteroatoms. The van der Waals surface area contributed by atoms with Gasteiger partial charge in [-0.3, -0.25) is 4.98 Å². The molecule has 3 aromatic rings. The number of anilines is 1. The van der Waals surface area contributed by atoms with Gasteiger partial charge < -0.3 is 10.6 Å². The van der Waals surface area contributed by atoms with Crippen LogP contribution >= 0.6 is 0 Å². The lowest BCUT2D eigenvalue weighted by Crippen LogP contribution is -2.28. The number of aromatic nitrogens is 4. The molecule has 0 aliphatic heterocycles. The number of pyridine rings is 1. The van der Waals surface area contributed by atoms with Crippen LogP contribution in [0.1, 0.15) is 5.69 Å². The minimum absolute atomic E-state index is 0.293. The molecule has 0 unspecified atom stereocenters. The lowest BCUT2D eigenvalue weighted by molar-refractivity contribution is 0.251. The van der Waals surface area contributed by atoms with Crippen LogP contribution in [0.2, 0.25) is 0 Å². The van der Waals surface area contributed by atoms with Gasteiger partial charge in [0.2, 0.25) is 0 Å². The Morgan fingerprint density at radius 3 is 2.90 bits per heavy atom. The molecule has 0 fully saturated rings. The Labute approximate surface area is 114 Å². The zero-order chi connectivity index (χ0) is 13.8. The summed E-state index contributed by atoms with van der Waals surface area (Å²) in [7, 11) is 0. The van der Waals surface area contributed by atoms with Crippen molar-refractivity contribution in [1.82, 2.24) is 25.7 Å². The predicted molar refractivity (Wildman–Crippen MR) is 74.0 cm³/mol. The summed E-state index contributed by atoms with van der Waals surface area (Å²) in [6.07, 6.45) is 1.69. The molecule has 100 valence electrons. The fourth-order valence-electron chi connectivity index (χ4n) is 1.77. The Morgan fingerprint density at radius 1 is 1.15 bits per heavy atom. The second-order valence-electron chi connectivity index (χ2n) is 4.16. The number of urea groups is 1. The number of amides is 2. The zero-order valence-electron chi connectivity index (χ0n) is 10.5. The van der Waals surface area contributed by atoms with Crippen LogP contribution in [0.25, 0.3) is 11.0 Å². The first-order valence-corrected chi connectivity index (χ1v) is 6.06. The van der Waals surface area contributed by atoms with Gasteiger partial charge in [0, 0.05) is 11.9 Å². The van der Waals surface area contributed by atoms with E-state index in [1.807, 2.05) is 18.2 Å². The SMILES string of the molecule is O=C(NCc1ccccn1)Nc1ccc2n[nH]nc2c1. The molecule has 0 bridgehead atoms. The summed E-state index contributed by atoms with van der Waals surface area (Å²) in [5.41, 5.74) is 2.91. The highest BCUT2D eigenvalue weighted by atomic mass is 16.2. The number of rotatable bonds is 3. The Morgan fingerprint density at radius 2 is 2.05 bits per heavy atom. The van der Waals surface area contributed by atoms with Gasteiger partial charge in [0.25, 0.3) is 0 Å². The summed E-state index contributed by atoms with van der Waals surface area (Å²) in [5, 5.41) is 15.9. The average Bonchev–Trinajstić information content (AvgIpc) is 2.94. The monoisotopic (exact) mass is 268 g/mol. The van der Waals surface area contributed by atoms with Crippen LogP contribution in [-0.4, -0.2) is 26.4 Å². The molecule has 2 amide bonds. The van der Waals surface area contributed by atoms with Crippen molar-refractivity contribution in [2.75, 3.05) is 5.32 Å². The molecule has 1 aromatic carbocycles. The van der Waals surface area contributed by atoms with E-state index >= 15 is 0 Å². The molecule has 0 saturated heterocycles. The first-order chi connectivity index (χ1) is 9.81. The van der Waals surface area contributed by atoms with Crippen LogP contribution in [0.5, 0.6) is 0 Å². The number of aromatic amines is 1. The third-order valence-electron chi connectivity index (χ3n) is 2.73. The first kappa shape index (κ1) is 12.1. The second-order valence-corrected chi connectivity index (χ2v) is 4.16. The number of carbonyl (C=O) groups excluding carboxylic acids is 1. The van der Waals surface area contributed by atoms with Gasteiger partial charge in [-0.15, -0.1) is 0 Å². The van der Waals surface area contributed by atoms with Gasteiger partial charge in [0.1, 0.15) is 11.0 Å². The average molecular weight is 268 g/mol. The molecule has 3 N–H and O–H groups in total. The van der Waals surface area contributed by atoms with Crippen molar-refractivity contribution in [1.29, 1.82) is 0 Å². The third-order valence-corrected chi connectivity index (χ3v) is 2.73. The van der Waals surface area contributed by atoms with Crippen LogP contribution in [0.4, 0.5) is 10.5 Å². The standard InChI is InChI=1S/C13H12N6O/c20-13(15-8-10-3-1-2-6-14-10)16-9-4-5-11-12(7-9)18-19-17-11/h1-7H,8H2,(H2,15,16,20)(H,17,18,19). The molecule has 7 nitrogen and oxygen atoms in total. The number of nitrogens with zero attached hydrogens (tertiary/aromatic N) is 3. The quantitative estimate of drug-likeness (QED) is 0.673. The Bertz CT molecular complexity index is 724. The molecule has 0 atom stereocenters. The van der Waals surface area contributed by atoms with Gasteiger partial charge in [-0.05, 0) is 30.3 Å². The molecule has 3 rings (SSSR count). The summed E-state index contributed by atoms with van der Waals surface area (Å²) in [6.45, 7) is 0.374. The van der Waals surface area contributed by atoms with Gasteiger partial charge in [-0.1, -0.05) is 6.07 Å². The number of carbonyl (C=O) groups is 1. The maximum atomic E-state index is 11.8. The van der Waals surface area contributed by atoms with Gasteiger partial charge >= 0.3 is 6.03 Å². The number of H-pyrrole nitrogens is 1. The molecule has 0 aliphatic rings. The third kappa shape index (κ3) is 2.72. The van der Waals surface area contributed by atoms with E-state index in [9.17, 15) is 4.79 Å². The summed E-state index contributed by atoms with van der Waals surface area (Å²) >= 11 is 0. The molecule has 0 spiro atoms. The van der Waals surface area contributed by atoms with Gasteiger partial charge in [0.15, 0.2) is 0 Å². The number of nitrogens with one attached hydrogen (secondary N) is 3. The minimum atomic E-state index is -0.293. The summed E-state index contributed by atoms with van der Waals surface area (Å²) in [6, 6.07) is 10.6. The smallest absolute Gasteiger partial charge is 0.319 e. The van der Waals surface area contributed by atoms with Gasteiger partial charge in [-0.2, -0.15) is 15.4 Å². The van der Waals surface area contributed by atoms with Crippen LogP contribution in [0, 0.1) is 0 Å². The van der Waals surface area contributed by atoms with Crippen molar-refractivity contribution < 1.29 is 4.79 Å². The maximum absolute atomic E-state index is 11.8. The van der Waals surface area contributed by atoms with E-state index < -0.39 is 0 Å². The fraction of sp³-hybridized carbons (Fsp3) is 0.0769. The van der Waals surface area contributed by atoms with Gasteiger partial charge in [-0.25, -0.2) is 4.79 Å². The molecule has 0 aliphatic carbocycles. The number of hydrogen-bond acceptors (Lipinski definition) is 4. The van der Waals surface area contributed by atoms with Crippen LogP contribution in [0.3, 0.4) is 0 Å². The number of benzene rings is 1. The van der Waals surface area contributed by atoms with Crippen molar-refractivity contribution in [3.63, 3.8) is 0 Å². The molecule has 0 saturated carbocycles. The molecular formula is C13H12N6O. The van der Waals surface area contributed by atoms with Crippen molar-refractivity contribution in [3.05, 3.63) is 48.3 Å². The molecule has 2 aromatic heterocycles. The van der Waals surface area contributed by atoms with E-state index in [-0.39, 0.29) is 6.03 Å². The summed E-state index contributed by atoms with van der Waals surface area (Å²) in [4.78, 5) is 15.9. The van der Waals surface area contributed by atoms with Gasteiger partial charge in [0.05, 0.1) is 12.2 Å². The summed E-state index contributed by atoms with van der Waals surface area (Å²) in [5.74, 6) is 0. The predicted octanol–water partition coefficient (Wildman–Crippen LogP) is 1.67. The second kappa shape index (κ2) is 5.35. The number of hydrogen-bond donors (Lipinski definition) is 3. The molecular weight excluding hydrogens is 256 g/mol. The van der Waals surface area contributed by atoms with E-state index in [1.54, 1.807) is 24.4 Å². The van der Waals surface area contributed by atoms with Crippen molar-refractivity contribution in [2.45, 2.75) is 6.54 Å². The van der Waals surface area contributed by atoms with E-state index in [4.69, 9.17) is 0 Å². The maximum Gasteiger partial charge on any atom is 0.319 e. The Hall–Kier alpha value is -2.96. The topological polar surface area (TPSA) is 95.6 Å². The highest BCUT2D eigenvalue weighted by Crippen LogP contribution is 2.14. The largest absolute Gasteiger partial charge is 0.332 e. The fourth-order valence-corrected chi connectivity index (χ4v) is 1.77. The van der Waals surface area contributed by atoms with E-state index in [0.717, 1.165) is 11.2 Å². The number of fused-ring (bicyclic) bond motifs is 1. The highest BCUT2D eigenvalue weighted by Gasteiger charge is 2.04. The van der Waals surface area contributed by atoms with Crippen molar-refractivity contribution in [2.24, 2.45) is 0 Å². The normalized spacial score (nSPS) is 10.4. The van der Waals surface area contributed by atoms with Crippen LogP contribution in [0.15, 0.2) is 42.6 Å². The van der Waals surface area contributed by atoms with E-state index in [2.05, 4.69) is 31.0 Å². The van der Waals surface area contributed by atoms with Crippen molar-refractivity contribution >= 4 is 22.8 Å². The Balaban J connectivity index is 1.61. The van der Waals surface area contributed by atoms with E-state index in [1.165, 1.54) is 0 Å². The highest BCUT2D eigenvalue weighted by molar-refractivity contribution is 5.91. The van der Waals surface area contributed by atoms with Crippen LogP contribution in [-0.2, 0) is 6.54 Å². The molecule has 20 heavy (non-hydrogen) atoms. The zero-order valence-corrected chi connectivity index (χ0v) is 10.5. The lowest BCUT2D eigenvalue weighted by atomic mass is 10.3. The molecule has 0 radical (unpaired) electrons. The van der Waals surface area contributed by atoms with E-state index in [0.29, 0.717) is 17.7 Å². The minimum Gasteiger partial charge on any atom is -0.332 e. The summed E-state index contributed by atoms with van der Waals surface area (Å²) < 4.78 is 0. The Kier molecular flexibility index (Phi) is 3.24. The van der Waals surface area contributed by atoms with Crippen LogP contribution < -0.4 is 10.6 Å².